The maximum absolute atomic E-state index is 10.1. The molecule has 88 valence electrons. The van der Waals surface area contributed by atoms with Crippen LogP contribution in [-0.2, 0) is 11.2 Å². The number of rotatable bonds is 3. The molecule has 16 heavy (non-hydrogen) atoms. The summed E-state index contributed by atoms with van der Waals surface area (Å²) in [4.78, 5) is 0. The van der Waals surface area contributed by atoms with Crippen LogP contribution >= 0.6 is 22.6 Å². The molecule has 1 aliphatic rings. The highest BCUT2D eigenvalue weighted by Gasteiger charge is 2.22. The maximum atomic E-state index is 10.1. The van der Waals surface area contributed by atoms with Gasteiger partial charge in [-0.15, -0.1) is 0 Å². The van der Waals surface area contributed by atoms with Crippen LogP contribution in [0.1, 0.15) is 24.8 Å². The predicted octanol–water partition coefficient (Wildman–Crippen LogP) is 2.76. The summed E-state index contributed by atoms with van der Waals surface area (Å²) in [5.41, 5.74) is 1.18. The first-order valence-corrected chi connectivity index (χ1v) is 6.88. The van der Waals surface area contributed by atoms with Crippen molar-refractivity contribution in [1.82, 2.24) is 0 Å². The average molecular weight is 332 g/mol. The number of halogens is 1. The molecule has 1 aliphatic heterocycles. The number of benzene rings is 1. The van der Waals surface area contributed by atoms with E-state index >= 15 is 0 Å². The van der Waals surface area contributed by atoms with Gasteiger partial charge in [0.15, 0.2) is 0 Å². The Morgan fingerprint density at radius 1 is 1.31 bits per heavy atom. The van der Waals surface area contributed by atoms with Crippen LogP contribution in [-0.4, -0.2) is 23.9 Å². The SMILES string of the molecule is OC(Cc1ccc(I)cc1)C1CCCCO1. The van der Waals surface area contributed by atoms with Gasteiger partial charge in [-0.1, -0.05) is 12.1 Å². The van der Waals surface area contributed by atoms with Gasteiger partial charge in [-0.3, -0.25) is 0 Å². The van der Waals surface area contributed by atoms with Crippen molar-refractivity contribution in [2.24, 2.45) is 0 Å². The van der Waals surface area contributed by atoms with E-state index < -0.39 is 0 Å². The standard InChI is InChI=1S/C13H17IO2/c14-11-6-4-10(5-7-11)9-12(15)13-3-1-2-8-16-13/h4-7,12-13,15H,1-3,8-9H2. The third-order valence-corrected chi connectivity index (χ3v) is 3.72. The summed E-state index contributed by atoms with van der Waals surface area (Å²) in [7, 11) is 0. The van der Waals surface area contributed by atoms with E-state index in [9.17, 15) is 5.11 Å². The molecule has 2 atom stereocenters. The van der Waals surface area contributed by atoms with E-state index in [1.165, 1.54) is 15.6 Å². The van der Waals surface area contributed by atoms with E-state index in [4.69, 9.17) is 4.74 Å². The first-order valence-electron chi connectivity index (χ1n) is 5.80. The smallest absolute Gasteiger partial charge is 0.0842 e. The fourth-order valence-corrected chi connectivity index (χ4v) is 2.42. The van der Waals surface area contributed by atoms with Gasteiger partial charge in [0.05, 0.1) is 12.2 Å². The second kappa shape index (κ2) is 5.98. The summed E-state index contributed by atoms with van der Waals surface area (Å²) < 4.78 is 6.81. The van der Waals surface area contributed by atoms with Crippen LogP contribution in [0.4, 0.5) is 0 Å². The van der Waals surface area contributed by atoms with Crippen LogP contribution < -0.4 is 0 Å². The molecule has 2 nitrogen and oxygen atoms in total. The van der Waals surface area contributed by atoms with Gasteiger partial charge in [0.2, 0.25) is 0 Å². The maximum Gasteiger partial charge on any atom is 0.0842 e. The Bertz CT molecular complexity index is 317. The molecule has 0 bridgehead atoms. The fourth-order valence-electron chi connectivity index (χ4n) is 2.06. The Balaban J connectivity index is 1.90. The number of aliphatic hydroxyl groups excluding tert-OH is 1. The molecule has 3 heteroatoms. The number of hydrogen-bond acceptors (Lipinski definition) is 2. The van der Waals surface area contributed by atoms with E-state index in [1.807, 2.05) is 0 Å². The largest absolute Gasteiger partial charge is 0.390 e. The molecule has 1 saturated heterocycles. The quantitative estimate of drug-likeness (QED) is 0.863. The van der Waals surface area contributed by atoms with Crippen molar-refractivity contribution >= 4 is 22.6 Å². The van der Waals surface area contributed by atoms with Gasteiger partial charge in [-0.2, -0.15) is 0 Å². The topological polar surface area (TPSA) is 29.5 Å². The molecule has 0 spiro atoms. The second-order valence-corrected chi connectivity index (χ2v) is 5.55. The van der Waals surface area contributed by atoms with Gasteiger partial charge in [0.25, 0.3) is 0 Å². The summed E-state index contributed by atoms with van der Waals surface area (Å²) in [6.07, 6.45) is 3.67. The van der Waals surface area contributed by atoms with E-state index in [1.54, 1.807) is 0 Å². The van der Waals surface area contributed by atoms with Gasteiger partial charge >= 0.3 is 0 Å². The minimum Gasteiger partial charge on any atom is -0.390 e. The molecule has 1 heterocycles. The molecular weight excluding hydrogens is 315 g/mol. The summed E-state index contributed by atoms with van der Waals surface area (Å²) in [5, 5.41) is 10.1. The minimum absolute atomic E-state index is 0.0352. The van der Waals surface area contributed by atoms with Gasteiger partial charge in [-0.25, -0.2) is 0 Å². The fraction of sp³-hybridized carbons (Fsp3) is 0.538. The lowest BCUT2D eigenvalue weighted by Gasteiger charge is -2.27. The van der Waals surface area contributed by atoms with Crippen LogP contribution in [0.15, 0.2) is 24.3 Å². The van der Waals surface area contributed by atoms with E-state index in [-0.39, 0.29) is 12.2 Å². The van der Waals surface area contributed by atoms with Crippen molar-refractivity contribution in [3.8, 4) is 0 Å². The van der Waals surface area contributed by atoms with Crippen LogP contribution in [0.25, 0.3) is 0 Å². The molecule has 1 fully saturated rings. The van der Waals surface area contributed by atoms with Crippen molar-refractivity contribution in [1.29, 1.82) is 0 Å². The number of ether oxygens (including phenoxy) is 1. The van der Waals surface area contributed by atoms with E-state index in [0.717, 1.165) is 19.4 Å². The molecule has 0 saturated carbocycles. The summed E-state index contributed by atoms with van der Waals surface area (Å²) in [6.45, 7) is 0.800. The third kappa shape index (κ3) is 3.43. The summed E-state index contributed by atoms with van der Waals surface area (Å²) >= 11 is 2.29. The second-order valence-electron chi connectivity index (χ2n) is 4.30. The molecule has 2 rings (SSSR count). The Morgan fingerprint density at radius 3 is 2.69 bits per heavy atom. The zero-order valence-corrected chi connectivity index (χ0v) is 11.4. The minimum atomic E-state index is -0.361. The molecule has 0 radical (unpaired) electrons. The van der Waals surface area contributed by atoms with Crippen LogP contribution in [0, 0.1) is 3.57 Å². The lowest BCUT2D eigenvalue weighted by atomic mass is 9.98. The van der Waals surface area contributed by atoms with Crippen LogP contribution in [0.5, 0.6) is 0 Å². The normalized spacial score (nSPS) is 23.0. The van der Waals surface area contributed by atoms with Gasteiger partial charge in [0.1, 0.15) is 0 Å². The Kier molecular flexibility index (Phi) is 4.61. The Hall–Kier alpha value is -0.130. The monoisotopic (exact) mass is 332 g/mol. The molecular formula is C13H17IO2. The molecule has 0 aromatic heterocycles. The van der Waals surface area contributed by atoms with Gasteiger partial charge < -0.3 is 9.84 Å². The van der Waals surface area contributed by atoms with Gasteiger partial charge in [-0.05, 0) is 59.5 Å². The summed E-state index contributed by atoms with van der Waals surface area (Å²) in [5.74, 6) is 0. The van der Waals surface area contributed by atoms with E-state index in [2.05, 4.69) is 46.9 Å². The van der Waals surface area contributed by atoms with Crippen molar-refractivity contribution in [3.05, 3.63) is 33.4 Å². The van der Waals surface area contributed by atoms with E-state index in [0.29, 0.717) is 6.42 Å². The van der Waals surface area contributed by atoms with Gasteiger partial charge in [0, 0.05) is 16.6 Å². The predicted molar refractivity (Wildman–Crippen MR) is 72.5 cm³/mol. The highest BCUT2D eigenvalue weighted by atomic mass is 127. The molecule has 0 aliphatic carbocycles. The highest BCUT2D eigenvalue weighted by molar-refractivity contribution is 14.1. The molecule has 0 amide bonds. The molecule has 1 N–H and O–H groups in total. The molecule has 1 aromatic rings. The molecule has 1 aromatic carbocycles. The average Bonchev–Trinajstić information content (AvgIpc) is 2.33. The van der Waals surface area contributed by atoms with Crippen molar-refractivity contribution in [3.63, 3.8) is 0 Å². The molecule has 2 unspecified atom stereocenters. The first kappa shape index (κ1) is 12.3. The van der Waals surface area contributed by atoms with Crippen molar-refractivity contribution in [2.75, 3.05) is 6.61 Å². The van der Waals surface area contributed by atoms with Crippen molar-refractivity contribution < 1.29 is 9.84 Å². The summed E-state index contributed by atoms with van der Waals surface area (Å²) in [6, 6.07) is 8.30. The lowest BCUT2D eigenvalue weighted by Crippen LogP contribution is -2.33. The Labute approximate surface area is 110 Å². The third-order valence-electron chi connectivity index (χ3n) is 3.00. The lowest BCUT2D eigenvalue weighted by molar-refractivity contribution is -0.0611. The van der Waals surface area contributed by atoms with Crippen LogP contribution in [0.2, 0.25) is 0 Å². The highest BCUT2D eigenvalue weighted by Crippen LogP contribution is 2.19. The zero-order chi connectivity index (χ0) is 11.4. The van der Waals surface area contributed by atoms with Crippen molar-refractivity contribution in [2.45, 2.75) is 37.9 Å². The first-order chi connectivity index (χ1) is 7.75. The van der Waals surface area contributed by atoms with Crippen LogP contribution in [0.3, 0.4) is 0 Å². The zero-order valence-electron chi connectivity index (χ0n) is 9.23. The Morgan fingerprint density at radius 2 is 2.06 bits per heavy atom. The number of hydrogen-bond donors (Lipinski definition) is 1. The number of aliphatic hydroxyl groups is 1.